The molecule has 0 radical (unpaired) electrons. The highest BCUT2D eigenvalue weighted by Gasteiger charge is 2.28. The van der Waals surface area contributed by atoms with Crippen LogP contribution in [0.25, 0.3) is 0 Å². The quantitative estimate of drug-likeness (QED) is 0.552. The van der Waals surface area contributed by atoms with Crippen LogP contribution in [0.4, 0.5) is 4.39 Å². The fraction of sp³-hybridized carbons (Fsp3) is 0.316. The third kappa shape index (κ3) is 4.20. The number of halogens is 2. The maximum Gasteiger partial charge on any atom is 0.346 e. The Morgan fingerprint density at radius 1 is 1.14 bits per heavy atom. The minimum absolute atomic E-state index is 0.175. The van der Waals surface area contributed by atoms with Crippen molar-refractivity contribution < 1.29 is 27.1 Å². The Morgan fingerprint density at radius 3 is 2.36 bits per heavy atom. The number of carbonyl (C=O) groups excluding carboxylic acids is 1. The summed E-state index contributed by atoms with van der Waals surface area (Å²) in [7, 11) is -3.87. The van der Waals surface area contributed by atoms with Gasteiger partial charge in [0.25, 0.3) is 0 Å². The van der Waals surface area contributed by atoms with Crippen LogP contribution in [0.2, 0.25) is 5.02 Å². The number of ether oxygens (including phenoxy) is 2. The van der Waals surface area contributed by atoms with Gasteiger partial charge in [-0.15, -0.1) is 0 Å². The summed E-state index contributed by atoms with van der Waals surface area (Å²) in [4.78, 5) is 12.3. The van der Waals surface area contributed by atoms with Crippen molar-refractivity contribution in [2.24, 2.45) is 0 Å². The Morgan fingerprint density at radius 2 is 1.75 bits per heavy atom. The van der Waals surface area contributed by atoms with E-state index in [0.29, 0.717) is 16.1 Å². The second kappa shape index (κ2) is 8.16. The lowest BCUT2D eigenvalue weighted by molar-refractivity contribution is 0.0724. The number of esters is 1. The van der Waals surface area contributed by atoms with Gasteiger partial charge in [0.1, 0.15) is 11.6 Å². The van der Waals surface area contributed by atoms with Crippen LogP contribution >= 0.6 is 11.6 Å². The third-order valence-corrected chi connectivity index (χ3v) is 6.88. The molecule has 2 aromatic rings. The van der Waals surface area contributed by atoms with Gasteiger partial charge in [-0.25, -0.2) is 17.6 Å². The molecule has 1 fully saturated rings. The van der Waals surface area contributed by atoms with Crippen molar-refractivity contribution in [3.8, 4) is 5.75 Å². The highest BCUT2D eigenvalue weighted by atomic mass is 35.5. The van der Waals surface area contributed by atoms with Crippen molar-refractivity contribution in [2.75, 3.05) is 26.3 Å². The monoisotopic (exact) mass is 427 g/mol. The van der Waals surface area contributed by atoms with Gasteiger partial charge < -0.3 is 9.47 Å². The number of benzene rings is 2. The normalized spacial score (nSPS) is 15.4. The number of morpholine rings is 1. The van der Waals surface area contributed by atoms with Gasteiger partial charge in [-0.2, -0.15) is 4.31 Å². The number of hydrogen-bond acceptors (Lipinski definition) is 5. The topological polar surface area (TPSA) is 72.9 Å². The second-order valence-electron chi connectivity index (χ2n) is 6.42. The lowest BCUT2D eigenvalue weighted by atomic mass is 10.1. The van der Waals surface area contributed by atoms with Crippen molar-refractivity contribution in [3.63, 3.8) is 0 Å². The first-order chi connectivity index (χ1) is 13.2. The molecule has 0 atom stereocenters. The average Bonchev–Trinajstić information content (AvgIpc) is 2.66. The molecule has 0 saturated carbocycles. The van der Waals surface area contributed by atoms with Crippen LogP contribution in [0.15, 0.2) is 35.2 Å². The molecule has 9 heteroatoms. The van der Waals surface area contributed by atoms with Gasteiger partial charge in [0, 0.05) is 18.1 Å². The van der Waals surface area contributed by atoms with Crippen molar-refractivity contribution >= 4 is 27.6 Å². The van der Waals surface area contributed by atoms with E-state index in [1.807, 2.05) is 0 Å². The van der Waals surface area contributed by atoms with Gasteiger partial charge in [0.05, 0.1) is 23.7 Å². The van der Waals surface area contributed by atoms with E-state index in [2.05, 4.69) is 0 Å². The van der Waals surface area contributed by atoms with Gasteiger partial charge in [-0.05, 0) is 55.3 Å². The Labute approximate surface area is 167 Å². The van der Waals surface area contributed by atoms with Crippen molar-refractivity contribution in [3.05, 3.63) is 57.9 Å². The summed E-state index contributed by atoms with van der Waals surface area (Å²) in [5, 5.41) is 0.546. The van der Waals surface area contributed by atoms with Crippen molar-refractivity contribution in [1.29, 1.82) is 0 Å². The molecule has 6 nitrogen and oxygen atoms in total. The molecule has 3 rings (SSSR count). The van der Waals surface area contributed by atoms with E-state index in [1.165, 1.54) is 4.31 Å². The van der Waals surface area contributed by atoms with Crippen LogP contribution in [0, 0.1) is 19.7 Å². The lowest BCUT2D eigenvalue weighted by Gasteiger charge is -2.26. The van der Waals surface area contributed by atoms with Crippen LogP contribution in [0.1, 0.15) is 21.5 Å². The molecule has 150 valence electrons. The number of sulfonamides is 1. The molecule has 28 heavy (non-hydrogen) atoms. The summed E-state index contributed by atoms with van der Waals surface area (Å²) in [5.74, 6) is -1.66. The number of rotatable bonds is 4. The average molecular weight is 428 g/mol. The molecule has 1 heterocycles. The SMILES string of the molecule is Cc1cc(OC(=O)c2cc(S(=O)(=O)N3CCOCC3)ccc2F)cc(C)c1Cl. The molecule has 1 aliphatic heterocycles. The van der Waals surface area contributed by atoms with Crippen LogP contribution < -0.4 is 4.74 Å². The molecular weight excluding hydrogens is 409 g/mol. The molecule has 0 aliphatic carbocycles. The Hall–Kier alpha value is -2.00. The molecule has 0 unspecified atom stereocenters. The zero-order valence-electron chi connectivity index (χ0n) is 15.4. The number of carbonyl (C=O) groups is 1. The van der Waals surface area contributed by atoms with Crippen LogP contribution in [-0.4, -0.2) is 45.0 Å². The third-order valence-electron chi connectivity index (χ3n) is 4.39. The van der Waals surface area contributed by atoms with Crippen molar-refractivity contribution in [2.45, 2.75) is 18.7 Å². The smallest absolute Gasteiger partial charge is 0.346 e. The summed E-state index contributed by atoms with van der Waals surface area (Å²) in [6.07, 6.45) is 0. The summed E-state index contributed by atoms with van der Waals surface area (Å²) >= 11 is 6.09. The van der Waals surface area contributed by atoms with Gasteiger partial charge in [-0.1, -0.05) is 11.6 Å². The fourth-order valence-corrected chi connectivity index (χ4v) is 4.43. The minimum Gasteiger partial charge on any atom is -0.423 e. The molecule has 0 spiro atoms. The van der Waals surface area contributed by atoms with E-state index in [9.17, 15) is 17.6 Å². The predicted molar refractivity (Wildman–Crippen MR) is 102 cm³/mol. The summed E-state index contributed by atoms with van der Waals surface area (Å²) < 4.78 is 51.3. The zero-order chi connectivity index (χ0) is 20.5. The number of hydrogen-bond donors (Lipinski definition) is 0. The summed E-state index contributed by atoms with van der Waals surface area (Å²) in [6.45, 7) is 4.46. The number of nitrogens with zero attached hydrogens (tertiary/aromatic N) is 1. The first-order valence-corrected chi connectivity index (χ1v) is 10.4. The van der Waals surface area contributed by atoms with Gasteiger partial charge in [0.2, 0.25) is 10.0 Å². The van der Waals surface area contributed by atoms with Gasteiger partial charge in [0.15, 0.2) is 0 Å². The zero-order valence-corrected chi connectivity index (χ0v) is 16.9. The van der Waals surface area contributed by atoms with E-state index in [-0.39, 0.29) is 36.9 Å². The Kier molecular flexibility index (Phi) is 6.04. The molecule has 2 aromatic carbocycles. The Bertz CT molecular complexity index is 996. The van der Waals surface area contributed by atoms with Gasteiger partial charge in [-0.3, -0.25) is 0 Å². The Balaban J connectivity index is 1.90. The van der Waals surface area contributed by atoms with E-state index in [0.717, 1.165) is 18.2 Å². The molecule has 0 amide bonds. The predicted octanol–water partition coefficient (Wildman–Crippen LogP) is 3.34. The standard InChI is InChI=1S/C19H19ClFNO5S/c1-12-9-14(10-13(2)18(12)20)27-19(23)16-11-15(3-4-17(16)21)28(24,25)22-5-7-26-8-6-22/h3-4,9-11H,5-8H2,1-2H3. The van der Waals surface area contributed by atoms with E-state index in [4.69, 9.17) is 21.1 Å². The highest BCUT2D eigenvalue weighted by Crippen LogP contribution is 2.27. The first-order valence-electron chi connectivity index (χ1n) is 8.56. The van der Waals surface area contributed by atoms with E-state index < -0.39 is 27.4 Å². The van der Waals surface area contributed by atoms with Crippen LogP contribution in [0.5, 0.6) is 5.75 Å². The van der Waals surface area contributed by atoms with Crippen LogP contribution in [0.3, 0.4) is 0 Å². The highest BCUT2D eigenvalue weighted by molar-refractivity contribution is 7.89. The second-order valence-corrected chi connectivity index (χ2v) is 8.73. The first kappa shape index (κ1) is 20.7. The maximum absolute atomic E-state index is 14.2. The molecule has 1 aliphatic rings. The fourth-order valence-electron chi connectivity index (χ4n) is 2.88. The van der Waals surface area contributed by atoms with Crippen molar-refractivity contribution in [1.82, 2.24) is 4.31 Å². The number of aryl methyl sites for hydroxylation is 2. The molecule has 0 aromatic heterocycles. The molecular formula is C19H19ClFNO5S. The summed E-state index contributed by atoms with van der Waals surface area (Å²) in [5.41, 5.74) is 0.946. The van der Waals surface area contributed by atoms with Gasteiger partial charge >= 0.3 is 5.97 Å². The largest absolute Gasteiger partial charge is 0.423 e. The molecule has 0 N–H and O–H groups in total. The lowest BCUT2D eigenvalue weighted by Crippen LogP contribution is -2.40. The molecule has 1 saturated heterocycles. The van der Waals surface area contributed by atoms with Crippen LogP contribution in [-0.2, 0) is 14.8 Å². The summed E-state index contributed by atoms with van der Waals surface area (Å²) in [6, 6.07) is 6.19. The van der Waals surface area contributed by atoms with E-state index in [1.54, 1.807) is 26.0 Å². The van der Waals surface area contributed by atoms with E-state index >= 15 is 0 Å². The maximum atomic E-state index is 14.2. The minimum atomic E-state index is -3.87. The molecule has 0 bridgehead atoms.